The van der Waals surface area contributed by atoms with Crippen LogP contribution in [0.25, 0.3) is 0 Å². The minimum atomic E-state index is -3.69. The molecule has 0 unspecified atom stereocenters. The molecule has 0 radical (unpaired) electrons. The number of hydrogen-bond donors (Lipinski definition) is 2. The highest BCUT2D eigenvalue weighted by atomic mass is 35.5. The highest BCUT2D eigenvalue weighted by Crippen LogP contribution is 2.22. The van der Waals surface area contributed by atoms with Crippen LogP contribution in [-0.4, -0.2) is 35.7 Å². The Bertz CT molecular complexity index is 687. The van der Waals surface area contributed by atoms with Gasteiger partial charge in [-0.3, -0.25) is 0 Å². The highest BCUT2D eigenvalue weighted by molar-refractivity contribution is 7.89. The number of aryl methyl sites for hydroxylation is 1. The van der Waals surface area contributed by atoms with Crippen molar-refractivity contribution in [3.8, 4) is 0 Å². The van der Waals surface area contributed by atoms with Gasteiger partial charge >= 0.3 is 0 Å². The van der Waals surface area contributed by atoms with Crippen LogP contribution in [0.2, 0.25) is 5.02 Å². The Kier molecular flexibility index (Phi) is 6.61. The molecule has 21 heavy (non-hydrogen) atoms. The van der Waals surface area contributed by atoms with Crippen molar-refractivity contribution >= 4 is 31.6 Å². The van der Waals surface area contributed by atoms with Gasteiger partial charge in [-0.2, -0.15) is 0 Å². The molecule has 0 amide bonds. The molecule has 9 heteroatoms. The number of nitrogens with one attached hydrogen (secondary N) is 2. The second-order valence-corrected chi connectivity index (χ2v) is 8.72. The van der Waals surface area contributed by atoms with Crippen molar-refractivity contribution in [3.63, 3.8) is 0 Å². The fraction of sp³-hybridized carbons (Fsp3) is 0.500. The van der Waals surface area contributed by atoms with E-state index in [1.54, 1.807) is 12.1 Å². The van der Waals surface area contributed by atoms with Gasteiger partial charge in [-0.15, -0.1) is 0 Å². The van der Waals surface area contributed by atoms with Crippen molar-refractivity contribution in [1.82, 2.24) is 9.44 Å². The monoisotopic (exact) mass is 354 g/mol. The Morgan fingerprint density at radius 1 is 1.10 bits per heavy atom. The highest BCUT2D eigenvalue weighted by Gasteiger charge is 2.17. The molecule has 0 spiro atoms. The van der Waals surface area contributed by atoms with Crippen LogP contribution in [0.5, 0.6) is 0 Å². The van der Waals surface area contributed by atoms with Crippen LogP contribution in [-0.2, 0) is 20.0 Å². The van der Waals surface area contributed by atoms with Crippen molar-refractivity contribution in [1.29, 1.82) is 0 Å². The zero-order valence-corrected chi connectivity index (χ0v) is 14.3. The molecule has 6 nitrogen and oxygen atoms in total. The fourth-order valence-electron chi connectivity index (χ4n) is 1.53. The van der Waals surface area contributed by atoms with Gasteiger partial charge in [0.15, 0.2) is 0 Å². The lowest BCUT2D eigenvalue weighted by Gasteiger charge is -2.09. The van der Waals surface area contributed by atoms with Crippen LogP contribution >= 0.6 is 11.6 Å². The van der Waals surface area contributed by atoms with Gasteiger partial charge in [0, 0.05) is 13.1 Å². The summed E-state index contributed by atoms with van der Waals surface area (Å²) in [4.78, 5) is 0.0175. The summed E-state index contributed by atoms with van der Waals surface area (Å²) in [6, 6.07) is 4.68. The Balaban J connectivity index is 2.54. The number of hydrogen-bond acceptors (Lipinski definition) is 4. The van der Waals surface area contributed by atoms with E-state index in [4.69, 9.17) is 11.6 Å². The molecule has 120 valence electrons. The maximum Gasteiger partial charge on any atom is 0.242 e. The summed E-state index contributed by atoms with van der Waals surface area (Å²) in [6.07, 6.45) is 0.349. The van der Waals surface area contributed by atoms with Crippen molar-refractivity contribution in [2.24, 2.45) is 0 Å². The van der Waals surface area contributed by atoms with E-state index >= 15 is 0 Å². The standard InChI is InChI=1S/C12H19ClN2O4S2/c1-3-20(16,17)14-7-4-8-15-21(18,19)12-6-5-10(2)9-11(12)13/h5-6,9,14-15H,3-4,7-8H2,1-2H3. The van der Waals surface area contributed by atoms with Crippen molar-refractivity contribution in [2.45, 2.75) is 25.2 Å². The van der Waals surface area contributed by atoms with Gasteiger partial charge in [0.05, 0.1) is 10.8 Å². The zero-order valence-electron chi connectivity index (χ0n) is 11.9. The maximum atomic E-state index is 12.0. The van der Waals surface area contributed by atoms with E-state index in [9.17, 15) is 16.8 Å². The first-order chi connectivity index (χ1) is 9.68. The van der Waals surface area contributed by atoms with Crippen LogP contribution in [0.1, 0.15) is 18.9 Å². The van der Waals surface area contributed by atoms with Gasteiger partial charge in [-0.05, 0) is 38.0 Å². The third-order valence-corrected chi connectivity index (χ3v) is 6.07. The molecule has 0 aliphatic carbocycles. The lowest BCUT2D eigenvalue weighted by atomic mass is 10.2. The van der Waals surface area contributed by atoms with Gasteiger partial charge in [-0.1, -0.05) is 17.7 Å². The van der Waals surface area contributed by atoms with Gasteiger partial charge in [0.2, 0.25) is 20.0 Å². The summed E-state index contributed by atoms with van der Waals surface area (Å²) in [7, 11) is -6.94. The summed E-state index contributed by atoms with van der Waals surface area (Å²) in [5.74, 6) is -0.00228. The molecule has 0 aromatic heterocycles. The average Bonchev–Trinajstić information content (AvgIpc) is 2.37. The molecule has 0 aliphatic heterocycles. The van der Waals surface area contributed by atoms with Gasteiger partial charge < -0.3 is 0 Å². The van der Waals surface area contributed by atoms with Crippen LogP contribution in [0.3, 0.4) is 0 Å². The molecule has 1 aromatic carbocycles. The second kappa shape index (κ2) is 7.55. The second-order valence-electron chi connectivity index (χ2n) is 4.48. The Hall–Kier alpha value is -0.670. The molecule has 0 heterocycles. The smallest absolute Gasteiger partial charge is 0.215 e. The van der Waals surface area contributed by atoms with E-state index in [2.05, 4.69) is 9.44 Å². The first-order valence-corrected chi connectivity index (χ1v) is 9.92. The van der Waals surface area contributed by atoms with Crippen molar-refractivity contribution in [2.75, 3.05) is 18.8 Å². The Morgan fingerprint density at radius 3 is 2.29 bits per heavy atom. The molecular formula is C12H19ClN2O4S2. The summed E-state index contributed by atoms with van der Waals surface area (Å²) >= 11 is 5.92. The number of benzene rings is 1. The summed E-state index contributed by atoms with van der Waals surface area (Å²) < 4.78 is 51.2. The Morgan fingerprint density at radius 2 is 1.71 bits per heavy atom. The number of rotatable bonds is 8. The van der Waals surface area contributed by atoms with Crippen LogP contribution < -0.4 is 9.44 Å². The molecular weight excluding hydrogens is 336 g/mol. The average molecular weight is 355 g/mol. The summed E-state index contributed by atoms with van der Waals surface area (Å²) in [5, 5.41) is 0.161. The third kappa shape index (κ3) is 5.91. The summed E-state index contributed by atoms with van der Waals surface area (Å²) in [5.41, 5.74) is 0.868. The molecule has 0 saturated heterocycles. The maximum absolute atomic E-state index is 12.0. The van der Waals surface area contributed by atoms with E-state index < -0.39 is 20.0 Å². The van der Waals surface area contributed by atoms with Crippen molar-refractivity contribution in [3.05, 3.63) is 28.8 Å². The first kappa shape index (κ1) is 18.4. The molecule has 0 saturated carbocycles. The minimum Gasteiger partial charge on any atom is -0.215 e. The molecule has 0 atom stereocenters. The van der Waals surface area contributed by atoms with Crippen molar-refractivity contribution < 1.29 is 16.8 Å². The van der Waals surface area contributed by atoms with E-state index in [1.165, 1.54) is 13.0 Å². The van der Waals surface area contributed by atoms with Crippen LogP contribution in [0.4, 0.5) is 0 Å². The third-order valence-electron chi connectivity index (χ3n) is 2.72. The number of sulfonamides is 2. The van der Waals surface area contributed by atoms with Crippen LogP contribution in [0, 0.1) is 6.92 Å². The molecule has 2 N–H and O–H groups in total. The predicted octanol–water partition coefficient (Wildman–Crippen LogP) is 1.26. The lowest BCUT2D eigenvalue weighted by Crippen LogP contribution is -2.30. The molecule has 0 aliphatic rings. The van der Waals surface area contributed by atoms with E-state index in [0.717, 1.165) is 5.56 Å². The van der Waals surface area contributed by atoms with E-state index in [0.29, 0.717) is 6.42 Å². The van der Waals surface area contributed by atoms with Crippen LogP contribution in [0.15, 0.2) is 23.1 Å². The lowest BCUT2D eigenvalue weighted by molar-refractivity contribution is 0.573. The normalized spacial score (nSPS) is 12.5. The van der Waals surface area contributed by atoms with E-state index in [1.807, 2.05) is 6.92 Å². The molecule has 0 fully saturated rings. The fourth-order valence-corrected chi connectivity index (χ4v) is 3.86. The van der Waals surface area contributed by atoms with Gasteiger partial charge in [0.25, 0.3) is 0 Å². The molecule has 1 rings (SSSR count). The predicted molar refractivity (Wildman–Crippen MR) is 83.5 cm³/mol. The minimum absolute atomic E-state index is 0.00228. The van der Waals surface area contributed by atoms with E-state index in [-0.39, 0.29) is 28.8 Å². The topological polar surface area (TPSA) is 92.3 Å². The zero-order chi connectivity index (χ0) is 16.1. The van der Waals surface area contributed by atoms with Gasteiger partial charge in [0.1, 0.15) is 4.90 Å². The molecule has 0 bridgehead atoms. The largest absolute Gasteiger partial charge is 0.242 e. The molecule has 1 aromatic rings. The summed E-state index contributed by atoms with van der Waals surface area (Å²) in [6.45, 7) is 3.65. The van der Waals surface area contributed by atoms with Gasteiger partial charge in [-0.25, -0.2) is 26.3 Å². The quantitative estimate of drug-likeness (QED) is 0.687. The number of halogens is 1. The Labute approximate surface area is 131 Å². The SMILES string of the molecule is CCS(=O)(=O)NCCCNS(=O)(=O)c1ccc(C)cc1Cl. The first-order valence-electron chi connectivity index (χ1n) is 6.41.